The minimum absolute atomic E-state index is 0.387. The average Bonchev–Trinajstić information content (AvgIpc) is 2.26. The molecule has 94 valence electrons. The van der Waals surface area contributed by atoms with Crippen LogP contribution in [0.4, 0.5) is 0 Å². The fourth-order valence-corrected chi connectivity index (χ4v) is 1.91. The normalized spacial score (nSPS) is 12.2. The Hall–Kier alpha value is -0.780. The monoisotopic (exact) mass is 321 g/mol. The molecule has 0 aliphatic rings. The molecule has 1 aromatic carbocycles. The number of halogens is 2. The maximum atomic E-state index is 10.5. The number of hydrogen-bond donors (Lipinski definition) is 2. The predicted octanol–water partition coefficient (Wildman–Crippen LogP) is 2.54. The highest BCUT2D eigenvalue weighted by atomic mass is 79.9. The number of carbonyl (C=O) groups is 1. The summed E-state index contributed by atoms with van der Waals surface area (Å²) in [6.07, 6.45) is 0. The highest BCUT2D eigenvalue weighted by Gasteiger charge is 2.08. The first-order chi connectivity index (χ1) is 8.00. The van der Waals surface area contributed by atoms with E-state index in [4.69, 9.17) is 21.4 Å². The first-order valence-corrected chi connectivity index (χ1v) is 6.22. The molecule has 0 saturated heterocycles. The zero-order valence-corrected chi connectivity index (χ0v) is 11.6. The molecule has 0 spiro atoms. The van der Waals surface area contributed by atoms with Crippen molar-refractivity contribution in [3.8, 4) is 5.75 Å². The summed E-state index contributed by atoms with van der Waals surface area (Å²) in [6, 6.07) is 4.65. The van der Waals surface area contributed by atoms with Crippen LogP contribution in [0.25, 0.3) is 0 Å². The van der Waals surface area contributed by atoms with Gasteiger partial charge in [0.1, 0.15) is 18.4 Å². The number of hydrogen-bond acceptors (Lipinski definition) is 3. The van der Waals surface area contributed by atoms with Crippen molar-refractivity contribution in [3.63, 3.8) is 0 Å². The molecule has 17 heavy (non-hydrogen) atoms. The second kappa shape index (κ2) is 6.83. The second-order valence-corrected chi connectivity index (χ2v) is 4.73. The van der Waals surface area contributed by atoms with Gasteiger partial charge in [0.2, 0.25) is 0 Å². The van der Waals surface area contributed by atoms with E-state index in [0.29, 0.717) is 23.9 Å². The summed E-state index contributed by atoms with van der Waals surface area (Å²) in [7, 11) is 0. The van der Waals surface area contributed by atoms with Crippen molar-refractivity contribution in [1.29, 1.82) is 0 Å². The van der Waals surface area contributed by atoms with Crippen molar-refractivity contribution in [2.45, 2.75) is 13.0 Å². The smallest absolute Gasteiger partial charge is 0.320 e. The molecule has 0 amide bonds. The molecule has 0 aliphatic heterocycles. The molecule has 0 aromatic heterocycles. The molecule has 0 radical (unpaired) electrons. The van der Waals surface area contributed by atoms with Gasteiger partial charge < -0.3 is 15.2 Å². The Morgan fingerprint density at radius 2 is 2.35 bits per heavy atom. The highest BCUT2D eigenvalue weighted by Crippen LogP contribution is 2.27. The van der Waals surface area contributed by atoms with Crippen molar-refractivity contribution in [2.75, 3.05) is 13.2 Å². The van der Waals surface area contributed by atoms with E-state index in [0.717, 1.165) is 4.47 Å². The van der Waals surface area contributed by atoms with Crippen LogP contribution >= 0.6 is 27.5 Å². The standard InChI is InChI=1S/C11H13BrClNO3/c1-7(11(15)16)14-4-5-17-10-3-2-8(13)6-9(10)12/h2-3,6-7,14H,4-5H2,1H3,(H,15,16)/t7-/m1/s1. The van der Waals surface area contributed by atoms with Crippen molar-refractivity contribution in [3.05, 3.63) is 27.7 Å². The molecule has 0 aliphatic carbocycles. The first-order valence-electron chi connectivity index (χ1n) is 5.04. The van der Waals surface area contributed by atoms with Gasteiger partial charge >= 0.3 is 5.97 Å². The summed E-state index contributed by atoms with van der Waals surface area (Å²) >= 11 is 9.12. The van der Waals surface area contributed by atoms with Gasteiger partial charge in [0.25, 0.3) is 0 Å². The van der Waals surface area contributed by atoms with Crippen LogP contribution in [0.3, 0.4) is 0 Å². The summed E-state index contributed by atoms with van der Waals surface area (Å²) in [5.74, 6) is -0.197. The SMILES string of the molecule is C[C@@H](NCCOc1ccc(Cl)cc1Br)C(=O)O. The summed E-state index contributed by atoms with van der Waals surface area (Å²) < 4.78 is 6.24. The van der Waals surface area contributed by atoms with Gasteiger partial charge in [0, 0.05) is 11.6 Å². The van der Waals surface area contributed by atoms with Gasteiger partial charge in [-0.15, -0.1) is 0 Å². The molecule has 0 bridgehead atoms. The van der Waals surface area contributed by atoms with E-state index < -0.39 is 12.0 Å². The summed E-state index contributed by atoms with van der Waals surface area (Å²) in [4.78, 5) is 10.5. The third kappa shape index (κ3) is 4.93. The Morgan fingerprint density at radius 3 is 2.94 bits per heavy atom. The molecule has 1 rings (SSSR count). The molecule has 1 atom stereocenters. The van der Waals surface area contributed by atoms with E-state index in [1.54, 1.807) is 25.1 Å². The van der Waals surface area contributed by atoms with Crippen molar-refractivity contribution >= 4 is 33.5 Å². The molecule has 0 unspecified atom stereocenters. The molecule has 0 saturated carbocycles. The van der Waals surface area contributed by atoms with E-state index in [1.807, 2.05) is 0 Å². The van der Waals surface area contributed by atoms with Crippen LogP contribution < -0.4 is 10.1 Å². The van der Waals surface area contributed by atoms with Crippen LogP contribution in [-0.2, 0) is 4.79 Å². The molecular formula is C11H13BrClNO3. The van der Waals surface area contributed by atoms with Crippen LogP contribution in [0.1, 0.15) is 6.92 Å². The molecule has 2 N–H and O–H groups in total. The summed E-state index contributed by atoms with van der Waals surface area (Å²) in [5.41, 5.74) is 0. The number of nitrogens with one attached hydrogen (secondary N) is 1. The number of carboxylic acids is 1. The lowest BCUT2D eigenvalue weighted by atomic mass is 10.3. The van der Waals surface area contributed by atoms with Gasteiger partial charge in [-0.3, -0.25) is 4.79 Å². The van der Waals surface area contributed by atoms with Crippen LogP contribution in [0, 0.1) is 0 Å². The molecule has 0 heterocycles. The van der Waals surface area contributed by atoms with Gasteiger partial charge in [-0.05, 0) is 41.1 Å². The second-order valence-electron chi connectivity index (χ2n) is 3.44. The maximum absolute atomic E-state index is 10.5. The van der Waals surface area contributed by atoms with Crippen molar-refractivity contribution in [2.24, 2.45) is 0 Å². The minimum Gasteiger partial charge on any atom is -0.491 e. The first kappa shape index (κ1) is 14.3. The fourth-order valence-electron chi connectivity index (χ4n) is 1.12. The highest BCUT2D eigenvalue weighted by molar-refractivity contribution is 9.10. The lowest BCUT2D eigenvalue weighted by Crippen LogP contribution is -2.36. The van der Waals surface area contributed by atoms with Crippen LogP contribution in [0.2, 0.25) is 5.02 Å². The largest absolute Gasteiger partial charge is 0.491 e. The lowest BCUT2D eigenvalue weighted by molar-refractivity contribution is -0.139. The predicted molar refractivity (Wildman–Crippen MR) is 69.7 cm³/mol. The molecular weight excluding hydrogens is 309 g/mol. The Morgan fingerprint density at radius 1 is 1.65 bits per heavy atom. The number of carboxylic acid groups (broad SMARTS) is 1. The summed E-state index contributed by atoms with van der Waals surface area (Å²) in [5, 5.41) is 12.1. The number of aliphatic carboxylic acids is 1. The summed E-state index contributed by atoms with van der Waals surface area (Å²) in [6.45, 7) is 2.43. The van der Waals surface area contributed by atoms with Gasteiger partial charge in [-0.1, -0.05) is 11.6 Å². The van der Waals surface area contributed by atoms with E-state index >= 15 is 0 Å². The van der Waals surface area contributed by atoms with Gasteiger partial charge in [0.15, 0.2) is 0 Å². The topological polar surface area (TPSA) is 58.6 Å². The lowest BCUT2D eigenvalue weighted by Gasteiger charge is -2.11. The van der Waals surface area contributed by atoms with Crippen LogP contribution in [0.5, 0.6) is 5.75 Å². The number of benzene rings is 1. The van der Waals surface area contributed by atoms with E-state index in [9.17, 15) is 4.79 Å². The zero-order chi connectivity index (χ0) is 12.8. The van der Waals surface area contributed by atoms with Gasteiger partial charge in [-0.25, -0.2) is 0 Å². The Balaban J connectivity index is 2.34. The Kier molecular flexibility index (Phi) is 5.74. The maximum Gasteiger partial charge on any atom is 0.320 e. The Bertz CT molecular complexity index is 400. The van der Waals surface area contributed by atoms with Crippen molar-refractivity contribution in [1.82, 2.24) is 5.32 Å². The number of ether oxygens (including phenoxy) is 1. The van der Waals surface area contributed by atoms with E-state index in [2.05, 4.69) is 21.2 Å². The zero-order valence-electron chi connectivity index (χ0n) is 9.24. The third-order valence-corrected chi connectivity index (χ3v) is 2.93. The van der Waals surface area contributed by atoms with Crippen LogP contribution in [-0.4, -0.2) is 30.3 Å². The van der Waals surface area contributed by atoms with E-state index in [1.165, 1.54) is 0 Å². The molecule has 6 heteroatoms. The average molecular weight is 323 g/mol. The molecule has 1 aromatic rings. The quantitative estimate of drug-likeness (QED) is 0.790. The number of rotatable bonds is 6. The van der Waals surface area contributed by atoms with E-state index in [-0.39, 0.29) is 0 Å². The van der Waals surface area contributed by atoms with Gasteiger partial charge in [0.05, 0.1) is 4.47 Å². The van der Waals surface area contributed by atoms with Crippen molar-refractivity contribution < 1.29 is 14.6 Å². The molecule has 0 fully saturated rings. The van der Waals surface area contributed by atoms with Crippen LogP contribution in [0.15, 0.2) is 22.7 Å². The molecule has 4 nitrogen and oxygen atoms in total. The Labute approximate surface area is 113 Å². The minimum atomic E-state index is -0.877. The van der Waals surface area contributed by atoms with Gasteiger partial charge in [-0.2, -0.15) is 0 Å². The third-order valence-electron chi connectivity index (χ3n) is 2.07. The fraction of sp³-hybridized carbons (Fsp3) is 0.364.